The van der Waals surface area contributed by atoms with Gasteiger partial charge in [0.25, 0.3) is 0 Å². The fourth-order valence-electron chi connectivity index (χ4n) is 1.95. The molecule has 2 aromatic rings. The van der Waals surface area contributed by atoms with Gasteiger partial charge in [0.05, 0.1) is 11.4 Å². The Labute approximate surface area is 119 Å². The van der Waals surface area contributed by atoms with Crippen LogP contribution in [0.1, 0.15) is 23.9 Å². The molecule has 1 heterocycles. The van der Waals surface area contributed by atoms with E-state index in [0.717, 1.165) is 29.2 Å². The molecule has 1 aromatic heterocycles. The number of benzene rings is 1. The predicted octanol–water partition coefficient (Wildman–Crippen LogP) is 2.13. The number of aliphatic hydroxyl groups is 1. The molecule has 1 aromatic carbocycles. The molecule has 104 valence electrons. The highest BCUT2D eigenvalue weighted by atomic mass is 16.5. The molecule has 0 aliphatic heterocycles. The molecule has 0 saturated carbocycles. The molecule has 0 radical (unpaired) electrons. The molecule has 0 atom stereocenters. The van der Waals surface area contributed by atoms with Crippen molar-refractivity contribution in [3.05, 3.63) is 47.3 Å². The van der Waals surface area contributed by atoms with Crippen LogP contribution >= 0.6 is 0 Å². The third-order valence-electron chi connectivity index (χ3n) is 2.82. The quantitative estimate of drug-likeness (QED) is 0.866. The Morgan fingerprint density at radius 2 is 2.20 bits per heavy atom. The maximum Gasteiger partial charge on any atom is 0.130 e. The molecular weight excluding hydrogens is 252 g/mol. The van der Waals surface area contributed by atoms with Crippen molar-refractivity contribution in [1.82, 2.24) is 9.78 Å². The number of aryl methyl sites for hydroxylation is 2. The maximum absolute atomic E-state index is 8.69. The first-order valence-electron chi connectivity index (χ1n) is 6.59. The summed E-state index contributed by atoms with van der Waals surface area (Å²) in [6.45, 7) is 5.20. The van der Waals surface area contributed by atoms with Crippen molar-refractivity contribution in [3.8, 4) is 17.6 Å². The summed E-state index contributed by atoms with van der Waals surface area (Å²) < 4.78 is 7.71. The molecule has 1 N–H and O–H groups in total. The van der Waals surface area contributed by atoms with Gasteiger partial charge >= 0.3 is 0 Å². The van der Waals surface area contributed by atoms with E-state index in [4.69, 9.17) is 9.84 Å². The minimum atomic E-state index is -0.139. The van der Waals surface area contributed by atoms with Gasteiger partial charge in [0.15, 0.2) is 0 Å². The number of hydrogen-bond acceptors (Lipinski definition) is 3. The molecule has 4 nitrogen and oxygen atoms in total. The summed E-state index contributed by atoms with van der Waals surface area (Å²) in [6.07, 6.45) is 0. The van der Waals surface area contributed by atoms with Crippen molar-refractivity contribution in [2.24, 2.45) is 0 Å². The van der Waals surface area contributed by atoms with Gasteiger partial charge in [-0.3, -0.25) is 4.68 Å². The lowest BCUT2D eigenvalue weighted by atomic mass is 10.2. The van der Waals surface area contributed by atoms with Crippen LogP contribution in [0.3, 0.4) is 0 Å². The minimum Gasteiger partial charge on any atom is -0.487 e. The maximum atomic E-state index is 8.69. The fourth-order valence-corrected chi connectivity index (χ4v) is 1.95. The molecule has 0 saturated heterocycles. The number of hydrogen-bond donors (Lipinski definition) is 1. The highest BCUT2D eigenvalue weighted by Crippen LogP contribution is 2.15. The van der Waals surface area contributed by atoms with Crippen LogP contribution in [0.5, 0.6) is 5.75 Å². The topological polar surface area (TPSA) is 47.3 Å². The number of nitrogens with zero attached hydrogens (tertiary/aromatic N) is 2. The highest BCUT2D eigenvalue weighted by Gasteiger charge is 2.05. The molecular formula is C16H18N2O2. The largest absolute Gasteiger partial charge is 0.487 e. The number of aromatic nitrogens is 2. The lowest BCUT2D eigenvalue weighted by molar-refractivity contribution is 0.292. The van der Waals surface area contributed by atoms with E-state index in [1.54, 1.807) is 0 Å². The summed E-state index contributed by atoms with van der Waals surface area (Å²) in [5, 5.41) is 13.1. The molecule has 2 rings (SSSR count). The van der Waals surface area contributed by atoms with E-state index in [1.165, 1.54) is 0 Å². The third kappa shape index (κ3) is 3.62. The number of rotatable bonds is 4. The summed E-state index contributed by atoms with van der Waals surface area (Å²) in [4.78, 5) is 0. The van der Waals surface area contributed by atoms with Crippen molar-refractivity contribution in [3.63, 3.8) is 0 Å². The Morgan fingerprint density at radius 1 is 1.35 bits per heavy atom. The molecule has 0 unspecified atom stereocenters. The second-order valence-electron chi connectivity index (χ2n) is 4.37. The molecule has 20 heavy (non-hydrogen) atoms. The SMILES string of the molecule is CCn1nc(C)cc1COc1cccc(C#CCO)c1. The number of aliphatic hydroxyl groups excluding tert-OH is 1. The van der Waals surface area contributed by atoms with Crippen molar-refractivity contribution in [2.75, 3.05) is 6.61 Å². The summed E-state index contributed by atoms with van der Waals surface area (Å²) >= 11 is 0. The highest BCUT2D eigenvalue weighted by molar-refractivity contribution is 5.39. The average Bonchev–Trinajstić information content (AvgIpc) is 2.83. The smallest absolute Gasteiger partial charge is 0.130 e. The summed E-state index contributed by atoms with van der Waals surface area (Å²) in [7, 11) is 0. The van der Waals surface area contributed by atoms with Crippen molar-refractivity contribution in [2.45, 2.75) is 27.0 Å². The van der Waals surface area contributed by atoms with Crippen molar-refractivity contribution in [1.29, 1.82) is 0 Å². The third-order valence-corrected chi connectivity index (χ3v) is 2.82. The van der Waals surface area contributed by atoms with Crippen LogP contribution in [-0.4, -0.2) is 21.5 Å². The predicted molar refractivity (Wildman–Crippen MR) is 77.4 cm³/mol. The fraction of sp³-hybridized carbons (Fsp3) is 0.312. The minimum absolute atomic E-state index is 0.139. The summed E-state index contributed by atoms with van der Waals surface area (Å²) in [5.74, 6) is 6.25. The van der Waals surface area contributed by atoms with Gasteiger partial charge in [-0.1, -0.05) is 17.9 Å². The zero-order chi connectivity index (χ0) is 14.4. The Balaban J connectivity index is 2.06. The van der Waals surface area contributed by atoms with E-state index >= 15 is 0 Å². The Hall–Kier alpha value is -2.25. The van der Waals surface area contributed by atoms with Gasteiger partial charge in [-0.15, -0.1) is 0 Å². The van der Waals surface area contributed by atoms with E-state index in [-0.39, 0.29) is 6.61 Å². The van der Waals surface area contributed by atoms with Crippen LogP contribution in [-0.2, 0) is 13.2 Å². The molecule has 0 bridgehead atoms. The van der Waals surface area contributed by atoms with Crippen LogP contribution in [0.4, 0.5) is 0 Å². The lowest BCUT2D eigenvalue weighted by Crippen LogP contribution is -2.06. The van der Waals surface area contributed by atoms with Crippen LogP contribution in [0, 0.1) is 18.8 Å². The molecule has 0 aliphatic carbocycles. The first kappa shape index (κ1) is 14.2. The standard InChI is InChI=1S/C16H18N2O2/c1-3-18-15(10-13(2)17-18)12-20-16-8-4-6-14(11-16)7-5-9-19/h4,6,8,10-11,19H,3,9,12H2,1-2H3. The van der Waals surface area contributed by atoms with Crippen LogP contribution < -0.4 is 4.74 Å². The Morgan fingerprint density at radius 3 is 2.95 bits per heavy atom. The first-order chi connectivity index (χ1) is 9.72. The molecule has 0 aliphatic rings. The van der Waals surface area contributed by atoms with E-state index in [9.17, 15) is 0 Å². The van der Waals surface area contributed by atoms with Gasteiger partial charge in [0.2, 0.25) is 0 Å². The lowest BCUT2D eigenvalue weighted by Gasteiger charge is -2.07. The van der Waals surface area contributed by atoms with Gasteiger partial charge in [0, 0.05) is 12.1 Å². The average molecular weight is 270 g/mol. The monoisotopic (exact) mass is 270 g/mol. The van der Waals surface area contributed by atoms with Crippen LogP contribution in [0.2, 0.25) is 0 Å². The van der Waals surface area contributed by atoms with Crippen molar-refractivity contribution >= 4 is 0 Å². The Kier molecular flexibility index (Phi) is 4.80. The second-order valence-corrected chi connectivity index (χ2v) is 4.37. The van der Waals surface area contributed by atoms with Crippen LogP contribution in [0.25, 0.3) is 0 Å². The first-order valence-corrected chi connectivity index (χ1v) is 6.59. The molecule has 0 amide bonds. The molecule has 0 fully saturated rings. The van der Waals surface area contributed by atoms with E-state index in [0.29, 0.717) is 6.61 Å². The second kappa shape index (κ2) is 6.78. The van der Waals surface area contributed by atoms with Crippen LogP contribution in [0.15, 0.2) is 30.3 Å². The number of ether oxygens (including phenoxy) is 1. The van der Waals surface area contributed by atoms with Crippen molar-refractivity contribution < 1.29 is 9.84 Å². The van der Waals surface area contributed by atoms with E-state index in [1.807, 2.05) is 41.9 Å². The molecule has 4 heteroatoms. The van der Waals surface area contributed by atoms with Gasteiger partial charge in [-0.25, -0.2) is 0 Å². The van der Waals surface area contributed by atoms with E-state index in [2.05, 4.69) is 23.9 Å². The Bertz CT molecular complexity index is 635. The van der Waals surface area contributed by atoms with E-state index < -0.39 is 0 Å². The van der Waals surface area contributed by atoms with Gasteiger partial charge in [-0.2, -0.15) is 5.10 Å². The summed E-state index contributed by atoms with van der Waals surface area (Å²) in [6, 6.07) is 9.56. The van der Waals surface area contributed by atoms with Gasteiger partial charge < -0.3 is 9.84 Å². The van der Waals surface area contributed by atoms with Gasteiger partial charge in [-0.05, 0) is 38.1 Å². The van der Waals surface area contributed by atoms with Gasteiger partial charge in [0.1, 0.15) is 19.0 Å². The zero-order valence-electron chi connectivity index (χ0n) is 11.8. The summed E-state index contributed by atoms with van der Waals surface area (Å²) in [5.41, 5.74) is 2.88. The zero-order valence-corrected chi connectivity index (χ0v) is 11.8. The normalized spacial score (nSPS) is 9.95. The molecule has 0 spiro atoms.